The highest BCUT2D eigenvalue weighted by atomic mass is 19.1. The molecule has 0 radical (unpaired) electrons. The second kappa shape index (κ2) is 8.61. The van der Waals surface area contributed by atoms with Gasteiger partial charge in [-0.05, 0) is 36.2 Å². The second-order valence-electron chi connectivity index (χ2n) is 5.21. The van der Waals surface area contributed by atoms with E-state index in [1.165, 1.54) is 24.3 Å². The molecule has 0 saturated carbocycles. The number of hydrogen-bond donors (Lipinski definition) is 2. The molecule has 2 rings (SSSR count). The van der Waals surface area contributed by atoms with Crippen molar-refractivity contribution < 1.29 is 14.1 Å². The van der Waals surface area contributed by atoms with Gasteiger partial charge in [0.2, 0.25) is 5.91 Å². The van der Waals surface area contributed by atoms with Crippen LogP contribution in [-0.4, -0.2) is 23.9 Å². The lowest BCUT2D eigenvalue weighted by Gasteiger charge is -2.08. The topological polar surface area (TPSA) is 84.3 Å². The molecule has 2 aromatic carbocycles. The lowest BCUT2D eigenvalue weighted by Crippen LogP contribution is -2.28. The molecule has 24 heavy (non-hydrogen) atoms. The number of hydrogen-bond acceptors (Lipinski definition) is 4. The van der Waals surface area contributed by atoms with Crippen molar-refractivity contribution in [3.05, 3.63) is 70.0 Å². The van der Waals surface area contributed by atoms with Crippen molar-refractivity contribution in [3.63, 3.8) is 0 Å². The standard InChI is InChI=1S/C17H18FN3O3/c18-14-4-1-13(2-5-14)3-10-17(22)20-12-11-19-15-6-8-16(9-7-15)21(23)24/h1-2,4-9,19H,3,10-12H2,(H,20,22). The van der Waals surface area contributed by atoms with E-state index in [0.717, 1.165) is 11.3 Å². The van der Waals surface area contributed by atoms with E-state index in [1.54, 1.807) is 24.3 Å². The average molecular weight is 331 g/mol. The molecule has 1 amide bonds. The summed E-state index contributed by atoms with van der Waals surface area (Å²) in [5.74, 6) is -0.370. The van der Waals surface area contributed by atoms with Gasteiger partial charge in [0, 0.05) is 37.3 Å². The fraction of sp³-hybridized carbons (Fsp3) is 0.235. The van der Waals surface area contributed by atoms with E-state index >= 15 is 0 Å². The number of non-ortho nitro benzene ring substituents is 1. The van der Waals surface area contributed by atoms with E-state index in [9.17, 15) is 19.3 Å². The fourth-order valence-electron chi connectivity index (χ4n) is 2.11. The van der Waals surface area contributed by atoms with E-state index in [-0.39, 0.29) is 17.4 Å². The monoisotopic (exact) mass is 331 g/mol. The van der Waals surface area contributed by atoms with Crippen LogP contribution in [0, 0.1) is 15.9 Å². The molecule has 0 atom stereocenters. The number of nitro benzene ring substituents is 1. The molecule has 2 N–H and O–H groups in total. The van der Waals surface area contributed by atoms with Crippen molar-refractivity contribution in [3.8, 4) is 0 Å². The minimum Gasteiger partial charge on any atom is -0.383 e. The third-order valence-electron chi connectivity index (χ3n) is 3.41. The molecule has 0 fully saturated rings. The molecule has 0 aliphatic heterocycles. The zero-order valence-corrected chi connectivity index (χ0v) is 13.0. The zero-order valence-electron chi connectivity index (χ0n) is 13.0. The summed E-state index contributed by atoms with van der Waals surface area (Å²) >= 11 is 0. The molecule has 0 aliphatic carbocycles. The van der Waals surface area contributed by atoms with Crippen LogP contribution in [0.15, 0.2) is 48.5 Å². The molecule has 7 heteroatoms. The Morgan fingerprint density at radius 3 is 2.33 bits per heavy atom. The van der Waals surface area contributed by atoms with Crippen LogP contribution >= 0.6 is 0 Å². The number of rotatable bonds is 8. The first-order valence-corrected chi connectivity index (χ1v) is 7.54. The third kappa shape index (κ3) is 5.68. The summed E-state index contributed by atoms with van der Waals surface area (Å²) in [5, 5.41) is 16.4. The van der Waals surface area contributed by atoms with E-state index in [4.69, 9.17) is 0 Å². The minimum atomic E-state index is -0.453. The first kappa shape index (κ1) is 17.4. The van der Waals surface area contributed by atoms with Gasteiger partial charge in [-0.1, -0.05) is 12.1 Å². The SMILES string of the molecule is O=C(CCc1ccc(F)cc1)NCCNc1ccc([N+](=O)[O-])cc1. The summed E-state index contributed by atoms with van der Waals surface area (Å²) in [4.78, 5) is 21.8. The van der Waals surface area contributed by atoms with Gasteiger partial charge in [0.1, 0.15) is 5.82 Å². The minimum absolute atomic E-state index is 0.0367. The summed E-state index contributed by atoms with van der Waals surface area (Å²) in [7, 11) is 0. The van der Waals surface area contributed by atoms with E-state index in [2.05, 4.69) is 10.6 Å². The average Bonchev–Trinajstić information content (AvgIpc) is 2.58. The van der Waals surface area contributed by atoms with Crippen molar-refractivity contribution in [1.29, 1.82) is 0 Å². The third-order valence-corrected chi connectivity index (χ3v) is 3.41. The lowest BCUT2D eigenvalue weighted by molar-refractivity contribution is -0.384. The molecular formula is C17H18FN3O3. The Morgan fingerprint density at radius 1 is 1.04 bits per heavy atom. The van der Waals surface area contributed by atoms with Crippen molar-refractivity contribution >= 4 is 17.3 Å². The van der Waals surface area contributed by atoms with Gasteiger partial charge < -0.3 is 10.6 Å². The summed E-state index contributed by atoms with van der Waals surface area (Å²) in [5.41, 5.74) is 1.70. The van der Waals surface area contributed by atoms with Gasteiger partial charge in [0.25, 0.3) is 5.69 Å². The normalized spacial score (nSPS) is 10.2. The maximum absolute atomic E-state index is 12.8. The van der Waals surface area contributed by atoms with Crippen LogP contribution in [0.5, 0.6) is 0 Å². The number of carbonyl (C=O) groups excluding carboxylic acids is 1. The van der Waals surface area contributed by atoms with Crippen LogP contribution in [0.1, 0.15) is 12.0 Å². The Kier molecular flexibility index (Phi) is 6.24. The smallest absolute Gasteiger partial charge is 0.269 e. The van der Waals surface area contributed by atoms with Gasteiger partial charge in [-0.3, -0.25) is 14.9 Å². The highest BCUT2D eigenvalue weighted by molar-refractivity contribution is 5.76. The van der Waals surface area contributed by atoms with Gasteiger partial charge in [-0.25, -0.2) is 4.39 Å². The number of halogens is 1. The first-order chi connectivity index (χ1) is 11.5. The maximum atomic E-state index is 12.8. The summed E-state index contributed by atoms with van der Waals surface area (Å²) in [6, 6.07) is 12.2. The molecule has 0 saturated heterocycles. The number of nitro groups is 1. The van der Waals surface area contributed by atoms with Gasteiger partial charge in [0.05, 0.1) is 4.92 Å². The molecule has 6 nitrogen and oxygen atoms in total. The largest absolute Gasteiger partial charge is 0.383 e. The molecular weight excluding hydrogens is 313 g/mol. The molecule has 126 valence electrons. The van der Waals surface area contributed by atoms with E-state index in [1.807, 2.05) is 0 Å². The molecule has 0 heterocycles. The zero-order chi connectivity index (χ0) is 17.4. The van der Waals surface area contributed by atoms with Crippen LogP contribution in [-0.2, 0) is 11.2 Å². The van der Waals surface area contributed by atoms with Crippen molar-refractivity contribution in [2.75, 3.05) is 18.4 Å². The van der Waals surface area contributed by atoms with Crippen molar-refractivity contribution in [2.45, 2.75) is 12.8 Å². The van der Waals surface area contributed by atoms with Crippen LogP contribution in [0.4, 0.5) is 15.8 Å². The Balaban J connectivity index is 1.63. The Hall–Kier alpha value is -2.96. The van der Waals surface area contributed by atoms with Gasteiger partial charge in [-0.15, -0.1) is 0 Å². The quantitative estimate of drug-likeness (QED) is 0.442. The van der Waals surface area contributed by atoms with E-state index in [0.29, 0.717) is 25.9 Å². The number of carbonyl (C=O) groups is 1. The molecule has 0 aromatic heterocycles. The van der Waals surface area contributed by atoms with Crippen molar-refractivity contribution in [2.24, 2.45) is 0 Å². The fourth-order valence-corrected chi connectivity index (χ4v) is 2.11. The van der Waals surface area contributed by atoms with Gasteiger partial charge >= 0.3 is 0 Å². The molecule has 0 bridgehead atoms. The summed E-state index contributed by atoms with van der Waals surface area (Å²) in [6.45, 7) is 0.958. The molecule has 0 aliphatic rings. The molecule has 0 spiro atoms. The van der Waals surface area contributed by atoms with Gasteiger partial charge in [0.15, 0.2) is 0 Å². The highest BCUT2D eigenvalue weighted by Gasteiger charge is 2.04. The number of amides is 1. The van der Waals surface area contributed by atoms with Crippen LogP contribution in [0.2, 0.25) is 0 Å². The first-order valence-electron chi connectivity index (χ1n) is 7.54. The van der Waals surface area contributed by atoms with Gasteiger partial charge in [-0.2, -0.15) is 0 Å². The number of aryl methyl sites for hydroxylation is 1. The Bertz CT molecular complexity index is 687. The number of nitrogens with zero attached hydrogens (tertiary/aromatic N) is 1. The van der Waals surface area contributed by atoms with Crippen molar-refractivity contribution in [1.82, 2.24) is 5.32 Å². The number of nitrogens with one attached hydrogen (secondary N) is 2. The highest BCUT2D eigenvalue weighted by Crippen LogP contribution is 2.14. The van der Waals surface area contributed by atoms with Crippen LogP contribution in [0.3, 0.4) is 0 Å². The summed E-state index contributed by atoms with van der Waals surface area (Å²) in [6.07, 6.45) is 0.894. The molecule has 2 aromatic rings. The molecule has 0 unspecified atom stereocenters. The summed E-state index contributed by atoms with van der Waals surface area (Å²) < 4.78 is 12.8. The second-order valence-corrected chi connectivity index (χ2v) is 5.21. The van der Waals surface area contributed by atoms with E-state index < -0.39 is 4.92 Å². The Labute approximate surface area is 138 Å². The predicted octanol–water partition coefficient (Wildman–Crippen LogP) is 2.89. The number of anilines is 1. The predicted molar refractivity (Wildman–Crippen MR) is 89.3 cm³/mol. The van der Waals surface area contributed by atoms with Crippen LogP contribution in [0.25, 0.3) is 0 Å². The van der Waals surface area contributed by atoms with Crippen LogP contribution < -0.4 is 10.6 Å². The lowest BCUT2D eigenvalue weighted by atomic mass is 10.1. The number of benzene rings is 2. The maximum Gasteiger partial charge on any atom is 0.269 e. The Morgan fingerprint density at radius 2 is 1.71 bits per heavy atom.